The van der Waals surface area contributed by atoms with Crippen LogP contribution >= 0.6 is 0 Å². The SMILES string of the molecule is Cc1ccc(-c2cc(-n3c4cc(C)ccc4c4ccc(C)cc43)c(C#N)cc2-n2c3cc(C)ccc3c3ccc(C)cc32)c(C#N)c1. The predicted octanol–water partition coefficient (Wildman–Crippen LogP) is 10.8. The van der Waals surface area contributed by atoms with Gasteiger partial charge in [0.1, 0.15) is 6.07 Å². The highest BCUT2D eigenvalue weighted by molar-refractivity contribution is 6.11. The molecular weight excluding hydrogens is 573 g/mol. The summed E-state index contributed by atoms with van der Waals surface area (Å²) in [7, 11) is 0. The van der Waals surface area contributed by atoms with E-state index in [2.05, 4.69) is 134 Å². The molecule has 4 heteroatoms. The van der Waals surface area contributed by atoms with Gasteiger partial charge in [-0.2, -0.15) is 10.5 Å². The van der Waals surface area contributed by atoms with E-state index in [9.17, 15) is 10.5 Å². The molecule has 0 atom stereocenters. The normalized spacial score (nSPS) is 11.5. The maximum atomic E-state index is 10.9. The number of hydrogen-bond donors (Lipinski definition) is 0. The van der Waals surface area contributed by atoms with Gasteiger partial charge in [0.2, 0.25) is 0 Å². The minimum absolute atomic E-state index is 0.562. The van der Waals surface area contributed by atoms with Gasteiger partial charge in [-0.05, 0) is 105 Å². The zero-order chi connectivity index (χ0) is 32.6. The average molecular weight is 605 g/mol. The van der Waals surface area contributed by atoms with Gasteiger partial charge >= 0.3 is 0 Å². The second-order valence-corrected chi connectivity index (χ2v) is 12.9. The first-order valence-corrected chi connectivity index (χ1v) is 15.9. The molecule has 47 heavy (non-hydrogen) atoms. The Hall–Kier alpha value is -6.10. The van der Waals surface area contributed by atoms with E-state index >= 15 is 0 Å². The van der Waals surface area contributed by atoms with Crippen LogP contribution in [0.4, 0.5) is 0 Å². The Labute approximate surface area is 274 Å². The van der Waals surface area contributed by atoms with Crippen LogP contribution in [0.5, 0.6) is 0 Å². The van der Waals surface area contributed by atoms with Crippen LogP contribution in [-0.4, -0.2) is 9.13 Å². The molecule has 0 spiro atoms. The van der Waals surface area contributed by atoms with Crippen molar-refractivity contribution in [1.29, 1.82) is 10.5 Å². The minimum atomic E-state index is 0.562. The summed E-state index contributed by atoms with van der Waals surface area (Å²) in [5.74, 6) is 0. The molecular formula is C43H32N4. The van der Waals surface area contributed by atoms with Crippen molar-refractivity contribution in [3.63, 3.8) is 0 Å². The van der Waals surface area contributed by atoms with Gasteiger partial charge in [-0.25, -0.2) is 0 Å². The number of fused-ring (bicyclic) bond motifs is 6. The number of aromatic nitrogens is 2. The van der Waals surface area contributed by atoms with Gasteiger partial charge in [0.05, 0.1) is 50.6 Å². The fraction of sp³-hybridized carbons (Fsp3) is 0.116. The van der Waals surface area contributed by atoms with Crippen LogP contribution < -0.4 is 0 Å². The van der Waals surface area contributed by atoms with Crippen molar-refractivity contribution in [3.8, 4) is 34.6 Å². The number of benzene rings is 6. The Bertz CT molecular complexity index is 2580. The van der Waals surface area contributed by atoms with E-state index in [4.69, 9.17) is 0 Å². The number of nitriles is 2. The van der Waals surface area contributed by atoms with Gasteiger partial charge in [0.25, 0.3) is 0 Å². The summed E-state index contributed by atoms with van der Waals surface area (Å²) in [5, 5.41) is 25.9. The van der Waals surface area contributed by atoms with Crippen molar-refractivity contribution in [3.05, 3.63) is 142 Å². The molecule has 0 amide bonds. The van der Waals surface area contributed by atoms with Crippen LogP contribution in [0.3, 0.4) is 0 Å². The molecule has 0 fully saturated rings. The summed E-state index contributed by atoms with van der Waals surface area (Å²) in [6.45, 7) is 10.4. The van der Waals surface area contributed by atoms with Crippen LogP contribution in [0.15, 0.2) is 103 Å². The number of nitrogens with zero attached hydrogens (tertiary/aromatic N) is 4. The smallest absolute Gasteiger partial charge is 0.101 e. The fourth-order valence-electron chi connectivity index (χ4n) is 7.23. The molecule has 2 heterocycles. The number of rotatable bonds is 3. The van der Waals surface area contributed by atoms with Crippen molar-refractivity contribution in [2.24, 2.45) is 0 Å². The topological polar surface area (TPSA) is 57.4 Å². The highest BCUT2D eigenvalue weighted by Crippen LogP contribution is 2.42. The summed E-state index contributed by atoms with van der Waals surface area (Å²) in [4.78, 5) is 0. The molecule has 0 aliphatic carbocycles. The van der Waals surface area contributed by atoms with E-state index in [-0.39, 0.29) is 0 Å². The molecule has 0 saturated carbocycles. The molecule has 0 aliphatic rings. The molecule has 224 valence electrons. The van der Waals surface area contributed by atoms with Gasteiger partial charge in [-0.15, -0.1) is 0 Å². The average Bonchev–Trinajstić information content (AvgIpc) is 3.54. The summed E-state index contributed by atoms with van der Waals surface area (Å²) < 4.78 is 4.52. The lowest BCUT2D eigenvalue weighted by Crippen LogP contribution is -2.05. The lowest BCUT2D eigenvalue weighted by molar-refractivity contribution is 1.13. The van der Waals surface area contributed by atoms with Crippen LogP contribution in [-0.2, 0) is 0 Å². The minimum Gasteiger partial charge on any atom is -0.309 e. The monoisotopic (exact) mass is 604 g/mol. The zero-order valence-corrected chi connectivity index (χ0v) is 27.1. The molecule has 8 aromatic rings. The van der Waals surface area contributed by atoms with Gasteiger partial charge in [-0.3, -0.25) is 0 Å². The molecule has 0 saturated heterocycles. The van der Waals surface area contributed by atoms with Crippen molar-refractivity contribution in [2.45, 2.75) is 34.6 Å². The van der Waals surface area contributed by atoms with Gasteiger partial charge in [0, 0.05) is 32.7 Å². The number of aryl methyl sites for hydroxylation is 5. The van der Waals surface area contributed by atoms with E-state index < -0.39 is 0 Å². The lowest BCUT2D eigenvalue weighted by Gasteiger charge is -2.20. The summed E-state index contributed by atoms with van der Waals surface area (Å²) in [5.41, 5.74) is 14.4. The Morgan fingerprint density at radius 3 is 1.19 bits per heavy atom. The molecule has 0 N–H and O–H groups in total. The Kier molecular flexibility index (Phi) is 6.33. The Morgan fingerprint density at radius 1 is 0.383 bits per heavy atom. The van der Waals surface area contributed by atoms with Gasteiger partial charge < -0.3 is 9.13 Å². The molecule has 0 bridgehead atoms. The van der Waals surface area contributed by atoms with E-state index in [1.54, 1.807) is 0 Å². The third-order valence-electron chi connectivity index (χ3n) is 9.46. The van der Waals surface area contributed by atoms with Crippen molar-refractivity contribution in [2.75, 3.05) is 0 Å². The standard InChI is InChI=1S/C43H32N4/c1-25-6-11-32(30(16-25)23-44)37-22-38(46-39-17-26(2)7-12-33(39)34-13-8-27(3)18-40(34)46)31(24-45)21-43(37)47-41-19-28(4)9-14-35(41)36-15-10-29(5)20-42(36)47/h6-22H,1-5H3. The first-order valence-electron chi connectivity index (χ1n) is 15.9. The quantitative estimate of drug-likeness (QED) is 0.201. The molecule has 0 unspecified atom stereocenters. The third-order valence-corrected chi connectivity index (χ3v) is 9.46. The van der Waals surface area contributed by atoms with Crippen LogP contribution in [0.25, 0.3) is 66.1 Å². The van der Waals surface area contributed by atoms with Crippen molar-refractivity contribution >= 4 is 43.6 Å². The highest BCUT2D eigenvalue weighted by atomic mass is 15.0. The maximum absolute atomic E-state index is 10.9. The van der Waals surface area contributed by atoms with E-state index in [1.807, 2.05) is 25.1 Å². The van der Waals surface area contributed by atoms with E-state index in [1.165, 1.54) is 0 Å². The summed E-state index contributed by atoms with van der Waals surface area (Å²) in [6, 6.07) is 41.4. The molecule has 0 aliphatic heterocycles. The molecule has 4 nitrogen and oxygen atoms in total. The maximum Gasteiger partial charge on any atom is 0.101 e. The Balaban J connectivity index is 1.58. The van der Waals surface area contributed by atoms with Gasteiger partial charge in [-0.1, -0.05) is 60.7 Å². The van der Waals surface area contributed by atoms with Crippen molar-refractivity contribution in [1.82, 2.24) is 9.13 Å². The first-order chi connectivity index (χ1) is 22.7. The lowest BCUT2D eigenvalue weighted by atomic mass is 9.94. The van der Waals surface area contributed by atoms with E-state index in [0.29, 0.717) is 11.1 Å². The molecule has 6 aromatic carbocycles. The molecule has 8 rings (SSSR count). The number of hydrogen-bond acceptors (Lipinski definition) is 2. The summed E-state index contributed by atoms with van der Waals surface area (Å²) >= 11 is 0. The largest absolute Gasteiger partial charge is 0.309 e. The highest BCUT2D eigenvalue weighted by Gasteiger charge is 2.23. The van der Waals surface area contributed by atoms with Crippen LogP contribution in [0, 0.1) is 57.3 Å². The molecule has 2 aromatic heterocycles. The second kappa shape index (κ2) is 10.5. The van der Waals surface area contributed by atoms with Crippen LogP contribution in [0.1, 0.15) is 38.9 Å². The van der Waals surface area contributed by atoms with Crippen molar-refractivity contribution < 1.29 is 0 Å². The molecule has 0 radical (unpaired) electrons. The zero-order valence-electron chi connectivity index (χ0n) is 27.1. The van der Waals surface area contributed by atoms with E-state index in [0.717, 1.165) is 93.9 Å². The Morgan fingerprint density at radius 2 is 0.766 bits per heavy atom. The first kappa shape index (κ1) is 28.4. The van der Waals surface area contributed by atoms with Gasteiger partial charge in [0.15, 0.2) is 0 Å². The summed E-state index contributed by atoms with van der Waals surface area (Å²) in [6.07, 6.45) is 0. The van der Waals surface area contributed by atoms with Crippen LogP contribution in [0.2, 0.25) is 0 Å². The third kappa shape index (κ3) is 4.34. The predicted molar refractivity (Wildman–Crippen MR) is 194 cm³/mol. The second-order valence-electron chi connectivity index (χ2n) is 12.9. The fourth-order valence-corrected chi connectivity index (χ4v) is 7.23.